The number of anilines is 1. The van der Waals surface area contributed by atoms with Gasteiger partial charge in [0.15, 0.2) is 5.52 Å². The molecule has 2 N–H and O–H groups in total. The Bertz CT molecular complexity index is 522. The van der Waals surface area contributed by atoms with Gasteiger partial charge in [-0.3, -0.25) is 4.57 Å². The standard InChI is InChI=1S/C8H11N5O.ClH/c1-11-4-10-6(9)5-7(11)13(3)8(14)12(5)2;/h4,9H,1-3H3;1H. The number of aromatic nitrogens is 4. The van der Waals surface area contributed by atoms with E-state index in [0.29, 0.717) is 11.3 Å². The molecule has 0 fully saturated rings. The largest absolute Gasteiger partial charge is 1.00 e. The molecule has 2 rings (SSSR count). The molecule has 0 aromatic carbocycles. The maximum Gasteiger partial charge on any atom is 0.386 e. The number of imidazole rings is 1. The molecule has 7 heteroatoms. The van der Waals surface area contributed by atoms with Crippen molar-refractivity contribution < 1.29 is 17.0 Å². The Balaban J connectivity index is 0.00000112. The molecule has 0 bridgehead atoms. The maximum atomic E-state index is 11.6. The minimum atomic E-state index is -0.102. The van der Waals surface area contributed by atoms with Gasteiger partial charge in [0.1, 0.15) is 0 Å². The highest BCUT2D eigenvalue weighted by Crippen LogP contribution is 2.11. The smallest absolute Gasteiger partial charge is 0.386 e. The van der Waals surface area contributed by atoms with Crippen molar-refractivity contribution in [1.82, 2.24) is 14.1 Å². The normalized spacial score (nSPS) is 10.3. The third-order valence-electron chi connectivity index (χ3n) is 2.39. The summed E-state index contributed by atoms with van der Waals surface area (Å²) in [6, 6.07) is 0. The summed E-state index contributed by atoms with van der Waals surface area (Å²) >= 11 is 0. The van der Waals surface area contributed by atoms with Crippen LogP contribution in [-0.2, 0) is 21.1 Å². The summed E-state index contributed by atoms with van der Waals surface area (Å²) in [4.78, 5) is 15.6. The summed E-state index contributed by atoms with van der Waals surface area (Å²) in [5.74, 6) is 0.373. The van der Waals surface area contributed by atoms with Crippen molar-refractivity contribution in [2.45, 2.75) is 0 Å². The highest BCUT2D eigenvalue weighted by molar-refractivity contribution is 5.79. The Hall–Kier alpha value is -1.56. The number of rotatable bonds is 0. The van der Waals surface area contributed by atoms with Gasteiger partial charge < -0.3 is 18.1 Å². The lowest BCUT2D eigenvalue weighted by Gasteiger charge is -1.96. The number of halogens is 1. The van der Waals surface area contributed by atoms with Crippen LogP contribution in [0.25, 0.3) is 11.2 Å². The second-order valence-electron chi connectivity index (χ2n) is 3.31. The van der Waals surface area contributed by atoms with Gasteiger partial charge in [-0.05, 0) is 0 Å². The van der Waals surface area contributed by atoms with E-state index in [1.807, 2.05) is 7.05 Å². The fourth-order valence-electron chi connectivity index (χ4n) is 1.67. The van der Waals surface area contributed by atoms with Crippen molar-refractivity contribution in [1.29, 1.82) is 0 Å². The summed E-state index contributed by atoms with van der Waals surface area (Å²) in [5, 5.41) is 0. The number of nitrogen functional groups attached to an aromatic ring is 1. The lowest BCUT2D eigenvalue weighted by Crippen LogP contribution is -3.00. The van der Waals surface area contributed by atoms with Crippen LogP contribution in [0.5, 0.6) is 0 Å². The third kappa shape index (κ3) is 1.37. The van der Waals surface area contributed by atoms with Crippen molar-refractivity contribution in [3.05, 3.63) is 16.8 Å². The molecule has 0 aliphatic carbocycles. The highest BCUT2D eigenvalue weighted by Gasteiger charge is 2.19. The van der Waals surface area contributed by atoms with Crippen LogP contribution < -0.4 is 28.4 Å². The zero-order valence-corrected chi connectivity index (χ0v) is 9.49. The van der Waals surface area contributed by atoms with E-state index in [-0.39, 0.29) is 18.1 Å². The van der Waals surface area contributed by atoms with E-state index in [9.17, 15) is 4.79 Å². The fraction of sp³-hybridized carbons (Fsp3) is 0.375. The quantitative estimate of drug-likeness (QED) is 0.465. The predicted molar refractivity (Wildman–Crippen MR) is 51.5 cm³/mol. The molecule has 0 spiro atoms. The number of nitrogens with two attached hydrogens (primary N) is 1. The molecular formula is C8H12ClN5O. The zero-order chi connectivity index (χ0) is 10.5. The van der Waals surface area contributed by atoms with Crippen LogP contribution in [0.3, 0.4) is 0 Å². The van der Waals surface area contributed by atoms with E-state index in [1.165, 1.54) is 4.57 Å². The first-order chi connectivity index (χ1) is 6.54. The van der Waals surface area contributed by atoms with E-state index < -0.39 is 0 Å². The summed E-state index contributed by atoms with van der Waals surface area (Å²) in [6.45, 7) is 0. The average Bonchev–Trinajstić information content (AvgIpc) is 2.38. The minimum Gasteiger partial charge on any atom is -1.00 e. The van der Waals surface area contributed by atoms with Crippen LogP contribution in [0.15, 0.2) is 11.1 Å². The Morgan fingerprint density at radius 2 is 2.00 bits per heavy atom. The number of nitrogens with zero attached hydrogens (tertiary/aromatic N) is 4. The second kappa shape index (κ2) is 3.54. The van der Waals surface area contributed by atoms with Gasteiger partial charge in [-0.1, -0.05) is 4.98 Å². The first kappa shape index (κ1) is 11.5. The lowest BCUT2D eigenvalue weighted by atomic mass is 10.5. The molecule has 0 amide bonds. The van der Waals surface area contributed by atoms with Crippen molar-refractivity contribution in [3.63, 3.8) is 0 Å². The fourth-order valence-corrected chi connectivity index (χ4v) is 1.67. The first-order valence-corrected chi connectivity index (χ1v) is 4.19. The summed E-state index contributed by atoms with van der Waals surface area (Å²) in [5.41, 5.74) is 7.05. The molecule has 2 aromatic heterocycles. The van der Waals surface area contributed by atoms with Crippen LogP contribution in [0, 0.1) is 0 Å². The van der Waals surface area contributed by atoms with Crippen molar-refractivity contribution in [3.8, 4) is 0 Å². The summed E-state index contributed by atoms with van der Waals surface area (Å²) in [7, 11) is 5.22. The lowest BCUT2D eigenvalue weighted by molar-refractivity contribution is -0.650. The minimum absolute atomic E-state index is 0. The molecule has 15 heavy (non-hydrogen) atoms. The molecule has 0 unspecified atom stereocenters. The predicted octanol–water partition coefficient (Wildman–Crippen LogP) is -4.32. The monoisotopic (exact) mass is 229 g/mol. The highest BCUT2D eigenvalue weighted by atomic mass is 35.5. The van der Waals surface area contributed by atoms with Crippen LogP contribution >= 0.6 is 0 Å². The van der Waals surface area contributed by atoms with Gasteiger partial charge in [-0.2, -0.15) is 0 Å². The van der Waals surface area contributed by atoms with Gasteiger partial charge in [0.05, 0.1) is 14.1 Å². The van der Waals surface area contributed by atoms with Crippen LogP contribution in [0.1, 0.15) is 0 Å². The molecule has 6 nitrogen and oxygen atoms in total. The molecule has 2 aromatic rings. The van der Waals surface area contributed by atoms with Gasteiger partial charge in [0.2, 0.25) is 12.1 Å². The topological polar surface area (TPSA) is 69.7 Å². The molecule has 82 valence electrons. The summed E-state index contributed by atoms with van der Waals surface area (Å²) in [6.07, 6.45) is 1.59. The Morgan fingerprint density at radius 1 is 1.40 bits per heavy atom. The molecule has 2 heterocycles. The van der Waals surface area contributed by atoms with Crippen LogP contribution in [-0.4, -0.2) is 14.1 Å². The van der Waals surface area contributed by atoms with E-state index in [0.717, 1.165) is 5.65 Å². The maximum absolute atomic E-state index is 11.6. The van der Waals surface area contributed by atoms with Gasteiger partial charge in [0.25, 0.3) is 5.65 Å². The summed E-state index contributed by atoms with van der Waals surface area (Å²) < 4.78 is 4.82. The number of hydrogen-bond donors (Lipinski definition) is 1. The van der Waals surface area contributed by atoms with Gasteiger partial charge in [-0.15, -0.1) is 0 Å². The van der Waals surface area contributed by atoms with E-state index in [4.69, 9.17) is 5.73 Å². The molecule has 0 atom stereocenters. The number of fused-ring (bicyclic) bond motifs is 1. The van der Waals surface area contributed by atoms with E-state index in [1.54, 1.807) is 29.6 Å². The molecule has 0 aliphatic heterocycles. The molecule has 0 saturated heterocycles. The Kier molecular flexibility index (Phi) is 2.72. The van der Waals surface area contributed by atoms with Gasteiger partial charge >= 0.3 is 5.69 Å². The molecule has 0 saturated carbocycles. The van der Waals surface area contributed by atoms with E-state index >= 15 is 0 Å². The average molecular weight is 230 g/mol. The molecular weight excluding hydrogens is 218 g/mol. The van der Waals surface area contributed by atoms with Crippen molar-refractivity contribution in [2.24, 2.45) is 21.1 Å². The SMILES string of the molecule is Cn1c(=O)n(C)c2c1c(N)nc[n+]2C.[Cl-]. The Morgan fingerprint density at radius 3 is 2.53 bits per heavy atom. The Labute approximate surface area is 92.4 Å². The third-order valence-corrected chi connectivity index (χ3v) is 2.39. The number of aryl methyl sites for hydroxylation is 3. The molecule has 0 radical (unpaired) electrons. The zero-order valence-electron chi connectivity index (χ0n) is 8.73. The van der Waals surface area contributed by atoms with Crippen molar-refractivity contribution in [2.75, 3.05) is 5.73 Å². The first-order valence-electron chi connectivity index (χ1n) is 4.19. The van der Waals surface area contributed by atoms with Gasteiger partial charge in [-0.25, -0.2) is 13.9 Å². The van der Waals surface area contributed by atoms with Crippen LogP contribution in [0.4, 0.5) is 5.82 Å². The number of hydrogen-bond acceptors (Lipinski definition) is 3. The second-order valence-corrected chi connectivity index (χ2v) is 3.31. The van der Waals surface area contributed by atoms with Crippen LogP contribution in [0.2, 0.25) is 0 Å². The van der Waals surface area contributed by atoms with E-state index in [2.05, 4.69) is 4.98 Å². The van der Waals surface area contributed by atoms with Crippen molar-refractivity contribution >= 4 is 17.0 Å². The molecule has 0 aliphatic rings. The van der Waals surface area contributed by atoms with Gasteiger partial charge in [0, 0.05) is 7.05 Å².